The largest absolute Gasteiger partial charge is 0.449 e. The number of nitrogens with zero attached hydrogens (tertiary/aromatic N) is 1. The SMILES string of the molecule is Cc1ccc(NC(=O)CN(C)C(=O)[C@H](C)OC(=O)c2ccc(Cl)cc2N)cc1. The molecule has 0 aliphatic rings. The molecule has 7 nitrogen and oxygen atoms in total. The first-order valence-corrected chi connectivity index (χ1v) is 8.92. The van der Waals surface area contributed by atoms with Crippen LogP contribution in [0.25, 0.3) is 0 Å². The lowest BCUT2D eigenvalue weighted by Crippen LogP contribution is -2.41. The van der Waals surface area contributed by atoms with Crippen LogP contribution in [0.5, 0.6) is 0 Å². The van der Waals surface area contributed by atoms with Crippen molar-refractivity contribution in [3.05, 3.63) is 58.6 Å². The highest BCUT2D eigenvalue weighted by Gasteiger charge is 2.24. The van der Waals surface area contributed by atoms with Crippen molar-refractivity contribution in [1.29, 1.82) is 0 Å². The highest BCUT2D eigenvalue weighted by atomic mass is 35.5. The van der Waals surface area contributed by atoms with Crippen molar-refractivity contribution in [1.82, 2.24) is 4.90 Å². The molecule has 2 rings (SSSR count). The highest BCUT2D eigenvalue weighted by molar-refractivity contribution is 6.31. The summed E-state index contributed by atoms with van der Waals surface area (Å²) in [6.45, 7) is 3.19. The van der Waals surface area contributed by atoms with Gasteiger partial charge in [0.2, 0.25) is 5.91 Å². The fourth-order valence-corrected chi connectivity index (χ4v) is 2.62. The maximum absolute atomic E-state index is 12.4. The number of amides is 2. The fourth-order valence-electron chi connectivity index (χ4n) is 2.44. The molecule has 2 amide bonds. The van der Waals surface area contributed by atoms with Crippen molar-refractivity contribution in [3.8, 4) is 0 Å². The number of hydrogen-bond donors (Lipinski definition) is 2. The molecule has 0 saturated heterocycles. The smallest absolute Gasteiger partial charge is 0.341 e. The average molecular weight is 404 g/mol. The predicted octanol–water partition coefficient (Wildman–Crippen LogP) is 2.87. The average Bonchev–Trinajstić information content (AvgIpc) is 2.62. The van der Waals surface area contributed by atoms with Gasteiger partial charge in [-0.05, 0) is 44.2 Å². The third kappa shape index (κ3) is 5.72. The van der Waals surface area contributed by atoms with E-state index in [1.165, 1.54) is 37.1 Å². The van der Waals surface area contributed by atoms with Crippen LogP contribution in [0.15, 0.2) is 42.5 Å². The number of halogens is 1. The van der Waals surface area contributed by atoms with Crippen molar-refractivity contribution in [2.45, 2.75) is 20.0 Å². The summed E-state index contributed by atoms with van der Waals surface area (Å²) in [4.78, 5) is 37.9. The Balaban J connectivity index is 1.91. The van der Waals surface area contributed by atoms with Gasteiger partial charge in [0.1, 0.15) is 0 Å². The predicted molar refractivity (Wildman–Crippen MR) is 108 cm³/mol. The summed E-state index contributed by atoms with van der Waals surface area (Å²) in [5, 5.41) is 3.09. The molecular weight excluding hydrogens is 382 g/mol. The Bertz CT molecular complexity index is 884. The van der Waals surface area contributed by atoms with Gasteiger partial charge in [-0.3, -0.25) is 9.59 Å². The molecule has 148 valence electrons. The minimum atomic E-state index is -1.08. The number of rotatable bonds is 6. The normalized spacial score (nSPS) is 11.4. The van der Waals surface area contributed by atoms with Gasteiger partial charge in [-0.1, -0.05) is 29.3 Å². The van der Waals surface area contributed by atoms with Crippen LogP contribution < -0.4 is 11.1 Å². The monoisotopic (exact) mass is 403 g/mol. The van der Waals surface area contributed by atoms with E-state index in [4.69, 9.17) is 22.1 Å². The summed E-state index contributed by atoms with van der Waals surface area (Å²) in [6.07, 6.45) is -1.08. The van der Waals surface area contributed by atoms with E-state index >= 15 is 0 Å². The summed E-state index contributed by atoms with van der Waals surface area (Å²) in [5.41, 5.74) is 7.72. The lowest BCUT2D eigenvalue weighted by molar-refractivity contribution is -0.140. The maximum atomic E-state index is 12.4. The Labute approximate surface area is 168 Å². The number of aryl methyl sites for hydroxylation is 1. The zero-order chi connectivity index (χ0) is 20.8. The third-order valence-corrected chi connectivity index (χ3v) is 4.19. The Morgan fingerprint density at radius 3 is 2.43 bits per heavy atom. The van der Waals surface area contributed by atoms with Crippen LogP contribution in [0.2, 0.25) is 5.02 Å². The molecule has 0 aromatic heterocycles. The van der Waals surface area contributed by atoms with Gasteiger partial charge in [0.05, 0.1) is 12.1 Å². The van der Waals surface area contributed by atoms with E-state index in [2.05, 4.69) is 5.32 Å². The van der Waals surface area contributed by atoms with Crippen LogP contribution in [-0.2, 0) is 14.3 Å². The molecule has 28 heavy (non-hydrogen) atoms. The number of ether oxygens (including phenoxy) is 1. The molecule has 0 aliphatic carbocycles. The molecule has 8 heteroatoms. The second-order valence-electron chi connectivity index (χ2n) is 6.39. The minimum absolute atomic E-state index is 0.115. The number of carbonyl (C=O) groups excluding carboxylic acids is 3. The molecule has 0 fully saturated rings. The first-order valence-electron chi connectivity index (χ1n) is 8.55. The standard InChI is InChI=1S/C20H22ClN3O4/c1-12-4-7-15(8-5-12)23-18(25)11-24(3)19(26)13(2)28-20(27)16-9-6-14(21)10-17(16)22/h4-10,13H,11,22H2,1-3H3,(H,23,25)/t13-/m0/s1. The van der Waals surface area contributed by atoms with E-state index < -0.39 is 18.0 Å². The number of carbonyl (C=O) groups is 3. The quantitative estimate of drug-likeness (QED) is 0.570. The second kappa shape index (κ2) is 9.23. The first kappa shape index (κ1) is 21.2. The first-order chi connectivity index (χ1) is 13.2. The Morgan fingerprint density at radius 1 is 1.18 bits per heavy atom. The number of nitrogen functional groups attached to an aromatic ring is 1. The summed E-state index contributed by atoms with van der Waals surface area (Å²) >= 11 is 5.80. The van der Waals surface area contributed by atoms with Gasteiger partial charge < -0.3 is 20.7 Å². The van der Waals surface area contributed by atoms with Crippen molar-refractivity contribution in [3.63, 3.8) is 0 Å². The number of esters is 1. The molecule has 0 aliphatic heterocycles. The summed E-state index contributed by atoms with van der Waals surface area (Å²) in [6, 6.07) is 11.6. The molecule has 2 aromatic rings. The lowest BCUT2D eigenvalue weighted by atomic mass is 10.2. The van der Waals surface area contributed by atoms with Gasteiger partial charge in [0, 0.05) is 23.4 Å². The Hall–Kier alpha value is -3.06. The van der Waals surface area contributed by atoms with Crippen LogP contribution >= 0.6 is 11.6 Å². The summed E-state index contributed by atoms with van der Waals surface area (Å²) < 4.78 is 5.17. The minimum Gasteiger partial charge on any atom is -0.449 e. The molecule has 0 saturated carbocycles. The van der Waals surface area contributed by atoms with Crippen LogP contribution in [0.4, 0.5) is 11.4 Å². The van der Waals surface area contributed by atoms with Crippen molar-refractivity contribution in [2.24, 2.45) is 0 Å². The van der Waals surface area contributed by atoms with Gasteiger partial charge in [-0.2, -0.15) is 0 Å². The molecule has 3 N–H and O–H groups in total. The Kier molecular flexibility index (Phi) is 7.00. The number of anilines is 2. The number of likely N-dealkylation sites (N-methyl/N-ethyl adjacent to an activating group) is 1. The third-order valence-electron chi connectivity index (χ3n) is 3.96. The van der Waals surface area contributed by atoms with Crippen LogP contribution in [0.1, 0.15) is 22.8 Å². The molecule has 0 spiro atoms. The molecular formula is C20H22ClN3O4. The van der Waals surface area contributed by atoms with Gasteiger partial charge >= 0.3 is 5.97 Å². The van der Waals surface area contributed by atoms with E-state index in [0.29, 0.717) is 10.7 Å². The summed E-state index contributed by atoms with van der Waals surface area (Å²) in [7, 11) is 1.46. The van der Waals surface area contributed by atoms with Gasteiger partial charge in [0.15, 0.2) is 6.10 Å². The lowest BCUT2D eigenvalue weighted by Gasteiger charge is -2.21. The van der Waals surface area contributed by atoms with Crippen molar-refractivity contribution >= 4 is 40.8 Å². The van der Waals surface area contributed by atoms with E-state index in [1.807, 2.05) is 19.1 Å². The number of benzene rings is 2. The van der Waals surface area contributed by atoms with Crippen molar-refractivity contribution < 1.29 is 19.1 Å². The van der Waals surface area contributed by atoms with Gasteiger partial charge in [-0.25, -0.2) is 4.79 Å². The molecule has 0 unspecified atom stereocenters. The van der Waals surface area contributed by atoms with E-state index in [9.17, 15) is 14.4 Å². The number of hydrogen-bond acceptors (Lipinski definition) is 5. The van der Waals surface area contributed by atoms with Gasteiger partial charge in [-0.15, -0.1) is 0 Å². The topological polar surface area (TPSA) is 102 Å². The van der Waals surface area contributed by atoms with Gasteiger partial charge in [0.25, 0.3) is 5.91 Å². The van der Waals surface area contributed by atoms with E-state index in [1.54, 1.807) is 12.1 Å². The van der Waals surface area contributed by atoms with E-state index in [0.717, 1.165) is 5.56 Å². The molecule has 1 atom stereocenters. The molecule has 0 heterocycles. The molecule has 2 aromatic carbocycles. The zero-order valence-corrected chi connectivity index (χ0v) is 16.6. The number of nitrogens with one attached hydrogen (secondary N) is 1. The van der Waals surface area contributed by atoms with Crippen LogP contribution in [0, 0.1) is 6.92 Å². The summed E-state index contributed by atoms with van der Waals surface area (Å²) in [5.74, 6) is -1.62. The zero-order valence-electron chi connectivity index (χ0n) is 15.9. The van der Waals surface area contributed by atoms with E-state index in [-0.39, 0.29) is 23.7 Å². The van der Waals surface area contributed by atoms with Crippen molar-refractivity contribution in [2.75, 3.05) is 24.6 Å². The molecule has 0 bridgehead atoms. The highest BCUT2D eigenvalue weighted by Crippen LogP contribution is 2.19. The maximum Gasteiger partial charge on any atom is 0.341 e. The van der Waals surface area contributed by atoms with Crippen LogP contribution in [-0.4, -0.2) is 42.4 Å². The second-order valence-corrected chi connectivity index (χ2v) is 6.82. The number of nitrogens with two attached hydrogens (primary N) is 1. The fraction of sp³-hybridized carbons (Fsp3) is 0.250. The molecule has 0 radical (unpaired) electrons. The Morgan fingerprint density at radius 2 is 1.82 bits per heavy atom. The van der Waals surface area contributed by atoms with Crippen LogP contribution in [0.3, 0.4) is 0 Å².